The summed E-state index contributed by atoms with van der Waals surface area (Å²) < 4.78 is 0. The standard InChI is InChI=1S/C29H25N3S/c1-30-28-31-29(24-18-10-4-11-19-24,25-20-12-5-13-21-25)27(33)32(28)26(22-14-6-2-7-15-22)23-16-8-3-9-17-23/h2-21,26H,1H3,(H,30,31). The molecule has 4 aromatic carbocycles. The van der Waals surface area contributed by atoms with Gasteiger partial charge >= 0.3 is 0 Å². The van der Waals surface area contributed by atoms with Crippen LogP contribution >= 0.6 is 12.2 Å². The van der Waals surface area contributed by atoms with Gasteiger partial charge in [-0.15, -0.1) is 0 Å². The van der Waals surface area contributed by atoms with Gasteiger partial charge in [-0.3, -0.25) is 9.89 Å². The maximum Gasteiger partial charge on any atom is 0.200 e. The summed E-state index contributed by atoms with van der Waals surface area (Å²) in [5, 5.41) is 3.74. The van der Waals surface area contributed by atoms with Crippen molar-refractivity contribution >= 4 is 23.2 Å². The van der Waals surface area contributed by atoms with Crippen LogP contribution in [0.1, 0.15) is 28.3 Å². The summed E-state index contributed by atoms with van der Waals surface area (Å²) in [5.74, 6) is 0.755. The third kappa shape index (κ3) is 3.62. The molecule has 5 rings (SSSR count). The van der Waals surface area contributed by atoms with Crippen LogP contribution in [0.2, 0.25) is 0 Å². The second-order valence-electron chi connectivity index (χ2n) is 8.05. The molecule has 33 heavy (non-hydrogen) atoms. The second-order valence-corrected chi connectivity index (χ2v) is 8.44. The van der Waals surface area contributed by atoms with Gasteiger partial charge in [-0.05, 0) is 22.3 Å². The minimum atomic E-state index is -0.700. The molecule has 1 heterocycles. The molecule has 0 atom stereocenters. The molecule has 1 N–H and O–H groups in total. The fourth-order valence-electron chi connectivity index (χ4n) is 4.66. The Kier molecular flexibility index (Phi) is 5.76. The molecule has 0 saturated carbocycles. The quantitative estimate of drug-likeness (QED) is 0.384. The minimum Gasteiger partial charge on any atom is -0.336 e. The maximum atomic E-state index is 6.34. The van der Waals surface area contributed by atoms with Gasteiger partial charge in [-0.1, -0.05) is 134 Å². The van der Waals surface area contributed by atoms with Gasteiger partial charge in [0.25, 0.3) is 0 Å². The average Bonchev–Trinajstić information content (AvgIpc) is 3.19. The molecule has 0 aliphatic carbocycles. The molecule has 0 spiro atoms. The molecule has 162 valence electrons. The number of aliphatic imine (C=N–C) groups is 1. The van der Waals surface area contributed by atoms with Crippen LogP contribution in [0.4, 0.5) is 0 Å². The molecular weight excluding hydrogens is 422 g/mol. The van der Waals surface area contributed by atoms with E-state index in [1.807, 2.05) is 31.3 Å². The predicted octanol–water partition coefficient (Wildman–Crippen LogP) is 5.94. The van der Waals surface area contributed by atoms with E-state index in [-0.39, 0.29) is 6.04 Å². The summed E-state index contributed by atoms with van der Waals surface area (Å²) >= 11 is 6.34. The Balaban J connectivity index is 1.74. The van der Waals surface area contributed by atoms with E-state index in [2.05, 4.69) is 112 Å². The minimum absolute atomic E-state index is 0.111. The molecule has 4 aromatic rings. The Labute approximate surface area is 200 Å². The molecule has 0 aromatic heterocycles. The first-order chi connectivity index (χ1) is 16.3. The van der Waals surface area contributed by atoms with Crippen molar-refractivity contribution in [2.45, 2.75) is 11.6 Å². The molecule has 1 saturated heterocycles. The lowest BCUT2D eigenvalue weighted by Crippen LogP contribution is -2.44. The summed E-state index contributed by atoms with van der Waals surface area (Å²) in [6.45, 7) is 0. The van der Waals surface area contributed by atoms with E-state index in [1.165, 1.54) is 0 Å². The van der Waals surface area contributed by atoms with Crippen LogP contribution < -0.4 is 5.32 Å². The number of rotatable bonds is 5. The van der Waals surface area contributed by atoms with Gasteiger partial charge in [0.15, 0.2) is 0 Å². The molecule has 0 amide bonds. The zero-order valence-corrected chi connectivity index (χ0v) is 19.2. The van der Waals surface area contributed by atoms with Crippen molar-refractivity contribution in [3.63, 3.8) is 0 Å². The Morgan fingerprint density at radius 2 is 1.06 bits per heavy atom. The van der Waals surface area contributed by atoms with Crippen molar-refractivity contribution in [2.75, 3.05) is 7.05 Å². The van der Waals surface area contributed by atoms with Crippen molar-refractivity contribution in [1.82, 2.24) is 10.2 Å². The predicted molar refractivity (Wildman–Crippen MR) is 139 cm³/mol. The average molecular weight is 448 g/mol. The van der Waals surface area contributed by atoms with Crippen LogP contribution in [-0.4, -0.2) is 22.9 Å². The Bertz CT molecular complexity index is 1180. The van der Waals surface area contributed by atoms with Crippen LogP contribution in [0.25, 0.3) is 0 Å². The van der Waals surface area contributed by atoms with Gasteiger partial charge in [0, 0.05) is 7.05 Å². The van der Waals surface area contributed by atoms with E-state index in [0.717, 1.165) is 33.2 Å². The molecule has 0 unspecified atom stereocenters. The van der Waals surface area contributed by atoms with E-state index >= 15 is 0 Å². The van der Waals surface area contributed by atoms with Crippen molar-refractivity contribution in [3.05, 3.63) is 144 Å². The molecule has 1 aliphatic rings. The van der Waals surface area contributed by atoms with Crippen molar-refractivity contribution in [2.24, 2.45) is 4.99 Å². The first-order valence-corrected chi connectivity index (χ1v) is 11.5. The monoisotopic (exact) mass is 447 g/mol. The lowest BCUT2D eigenvalue weighted by molar-refractivity contribution is 0.521. The van der Waals surface area contributed by atoms with E-state index in [4.69, 9.17) is 12.2 Å². The molecular formula is C29H25N3S. The Morgan fingerprint density at radius 1 is 0.667 bits per heavy atom. The highest BCUT2D eigenvalue weighted by atomic mass is 32.1. The summed E-state index contributed by atoms with van der Waals surface area (Å²) in [5.41, 5.74) is 3.79. The molecule has 1 fully saturated rings. The van der Waals surface area contributed by atoms with Gasteiger partial charge in [-0.2, -0.15) is 0 Å². The summed E-state index contributed by atoms with van der Waals surface area (Å²) in [6, 6.07) is 41.7. The third-order valence-electron chi connectivity index (χ3n) is 6.18. The molecule has 0 radical (unpaired) electrons. The highest BCUT2D eigenvalue weighted by Crippen LogP contribution is 2.42. The van der Waals surface area contributed by atoms with Crippen LogP contribution in [0.15, 0.2) is 126 Å². The zero-order valence-electron chi connectivity index (χ0n) is 18.4. The van der Waals surface area contributed by atoms with E-state index in [0.29, 0.717) is 0 Å². The molecule has 1 aliphatic heterocycles. The number of guanidine groups is 1. The van der Waals surface area contributed by atoms with Gasteiger partial charge in [0.2, 0.25) is 5.96 Å². The molecule has 4 heteroatoms. The zero-order chi connectivity index (χ0) is 22.7. The van der Waals surface area contributed by atoms with E-state index < -0.39 is 5.54 Å². The first kappa shape index (κ1) is 21.1. The number of hydrogen-bond donors (Lipinski definition) is 1. The fourth-order valence-corrected chi connectivity index (χ4v) is 5.14. The van der Waals surface area contributed by atoms with Crippen molar-refractivity contribution in [3.8, 4) is 0 Å². The summed E-state index contributed by atoms with van der Waals surface area (Å²) in [7, 11) is 1.82. The molecule has 3 nitrogen and oxygen atoms in total. The number of hydrogen-bond acceptors (Lipinski definition) is 2. The lowest BCUT2D eigenvalue weighted by atomic mass is 9.83. The van der Waals surface area contributed by atoms with Crippen LogP contribution in [0.5, 0.6) is 0 Å². The highest BCUT2D eigenvalue weighted by molar-refractivity contribution is 7.80. The third-order valence-corrected chi connectivity index (χ3v) is 6.68. The van der Waals surface area contributed by atoms with Gasteiger partial charge in [0.1, 0.15) is 10.5 Å². The highest BCUT2D eigenvalue weighted by Gasteiger charge is 2.51. The van der Waals surface area contributed by atoms with E-state index in [1.54, 1.807) is 0 Å². The number of benzene rings is 4. The normalized spacial score (nSPS) is 16.2. The SMILES string of the molecule is CN=C1NC(c2ccccc2)(c2ccccc2)C(=S)N1C(c1ccccc1)c1ccccc1. The summed E-state index contributed by atoms with van der Waals surface area (Å²) in [6.07, 6.45) is 0. The number of thiocarbonyl (C=S) groups is 1. The first-order valence-electron chi connectivity index (χ1n) is 11.1. The summed E-state index contributed by atoms with van der Waals surface area (Å²) in [4.78, 5) is 7.64. The number of nitrogens with one attached hydrogen (secondary N) is 1. The van der Waals surface area contributed by atoms with Crippen molar-refractivity contribution < 1.29 is 0 Å². The lowest BCUT2D eigenvalue weighted by Gasteiger charge is -2.33. The maximum absolute atomic E-state index is 6.34. The van der Waals surface area contributed by atoms with Crippen LogP contribution in [0.3, 0.4) is 0 Å². The number of nitrogens with zero attached hydrogens (tertiary/aromatic N) is 2. The van der Waals surface area contributed by atoms with Crippen LogP contribution in [0, 0.1) is 0 Å². The smallest absolute Gasteiger partial charge is 0.200 e. The molecule has 0 bridgehead atoms. The van der Waals surface area contributed by atoms with Crippen LogP contribution in [-0.2, 0) is 5.54 Å². The van der Waals surface area contributed by atoms with Gasteiger partial charge < -0.3 is 5.32 Å². The topological polar surface area (TPSA) is 27.6 Å². The Morgan fingerprint density at radius 3 is 1.45 bits per heavy atom. The second kappa shape index (κ2) is 9.00. The van der Waals surface area contributed by atoms with Gasteiger partial charge in [0.05, 0.1) is 6.04 Å². The van der Waals surface area contributed by atoms with Gasteiger partial charge in [-0.25, -0.2) is 0 Å². The van der Waals surface area contributed by atoms with Crippen molar-refractivity contribution in [1.29, 1.82) is 0 Å². The Hall–Kier alpha value is -3.76. The van der Waals surface area contributed by atoms with E-state index in [9.17, 15) is 0 Å². The largest absolute Gasteiger partial charge is 0.336 e. The fraction of sp³-hybridized carbons (Fsp3) is 0.103.